The van der Waals surface area contributed by atoms with Gasteiger partial charge in [-0.25, -0.2) is 9.89 Å². The molecule has 1 aromatic carbocycles. The molecule has 0 bridgehead atoms. The molecule has 2 rings (SSSR count). The van der Waals surface area contributed by atoms with E-state index in [9.17, 15) is 4.79 Å². The van der Waals surface area contributed by atoms with Gasteiger partial charge in [-0.2, -0.15) is 0 Å². The summed E-state index contributed by atoms with van der Waals surface area (Å²) in [5.74, 6) is -0.194. The highest BCUT2D eigenvalue weighted by Gasteiger charge is 2.16. The van der Waals surface area contributed by atoms with E-state index in [4.69, 9.17) is 9.84 Å². The summed E-state index contributed by atoms with van der Waals surface area (Å²) in [6.45, 7) is 4.30. The highest BCUT2D eigenvalue weighted by atomic mass is 16.5. The van der Waals surface area contributed by atoms with Crippen LogP contribution in [-0.4, -0.2) is 26.5 Å². The van der Waals surface area contributed by atoms with Crippen LogP contribution in [0.2, 0.25) is 0 Å². The number of carbonyl (C=O) groups is 1. The molecule has 1 aromatic heterocycles. The quantitative estimate of drug-likeness (QED) is 0.845. The second kappa shape index (κ2) is 6.18. The number of benzene rings is 1. The first kappa shape index (κ1) is 14.0. The summed E-state index contributed by atoms with van der Waals surface area (Å²) >= 11 is 0. The average Bonchev–Trinajstić information content (AvgIpc) is 2.87. The fourth-order valence-electron chi connectivity index (χ4n) is 2.02. The van der Waals surface area contributed by atoms with Crippen LogP contribution in [0.1, 0.15) is 48.7 Å². The third-order valence-electron chi connectivity index (χ3n) is 3.09. The van der Waals surface area contributed by atoms with Crippen molar-refractivity contribution in [1.82, 2.24) is 15.4 Å². The maximum atomic E-state index is 10.9. The zero-order chi connectivity index (χ0) is 14.5. The fraction of sp³-hybridized carbons (Fsp3) is 0.357. The van der Waals surface area contributed by atoms with E-state index >= 15 is 0 Å². The molecule has 0 aliphatic rings. The summed E-state index contributed by atoms with van der Waals surface area (Å²) in [5, 5.41) is 18.3. The lowest BCUT2D eigenvalue weighted by molar-refractivity contribution is 0.0687. The van der Waals surface area contributed by atoms with Crippen LogP contribution in [0, 0.1) is 0 Å². The molecule has 0 saturated heterocycles. The van der Waals surface area contributed by atoms with E-state index in [1.165, 1.54) is 0 Å². The minimum absolute atomic E-state index is 0.0298. The maximum absolute atomic E-state index is 10.9. The molecule has 0 radical (unpaired) electrons. The Morgan fingerprint density at radius 3 is 3.00 bits per heavy atom. The predicted octanol–water partition coefficient (Wildman–Crippen LogP) is 3.20. The van der Waals surface area contributed by atoms with Crippen LogP contribution in [0.4, 0.5) is 0 Å². The van der Waals surface area contributed by atoms with Gasteiger partial charge < -0.3 is 9.84 Å². The summed E-state index contributed by atoms with van der Waals surface area (Å²) in [6, 6.07) is 7.59. The smallest absolute Gasteiger partial charge is 0.359 e. The molecule has 0 aliphatic carbocycles. The van der Waals surface area contributed by atoms with Crippen molar-refractivity contribution < 1.29 is 14.6 Å². The van der Waals surface area contributed by atoms with Crippen LogP contribution in [0.25, 0.3) is 0 Å². The van der Waals surface area contributed by atoms with Crippen LogP contribution in [0.3, 0.4) is 0 Å². The number of aromatic amines is 1. The number of H-pyrrole nitrogens is 1. The molecule has 0 amide bonds. The number of aromatic nitrogens is 3. The summed E-state index contributed by atoms with van der Waals surface area (Å²) in [4.78, 5) is 10.9. The molecule has 0 saturated carbocycles. The van der Waals surface area contributed by atoms with Crippen molar-refractivity contribution in [2.45, 2.75) is 32.6 Å². The second-order valence-electron chi connectivity index (χ2n) is 4.66. The predicted molar refractivity (Wildman–Crippen MR) is 73.2 cm³/mol. The molecule has 106 valence electrons. The molecule has 2 aromatic rings. The van der Waals surface area contributed by atoms with Gasteiger partial charge in [-0.05, 0) is 30.0 Å². The zero-order valence-electron chi connectivity index (χ0n) is 11.5. The summed E-state index contributed by atoms with van der Waals surface area (Å²) in [7, 11) is 0. The molecule has 1 heterocycles. The van der Waals surface area contributed by atoms with Gasteiger partial charge in [0.2, 0.25) is 5.69 Å². The van der Waals surface area contributed by atoms with Gasteiger partial charge in [-0.3, -0.25) is 0 Å². The number of ether oxygens (including phenoxy) is 1. The number of nitrogens with one attached hydrogen (secondary N) is 1. The summed E-state index contributed by atoms with van der Waals surface area (Å²) in [5.41, 5.74) is 1.00. The normalized spacial score (nSPS) is 12.1. The van der Waals surface area contributed by atoms with Crippen molar-refractivity contribution in [2.24, 2.45) is 0 Å². The number of hydrogen-bond donors (Lipinski definition) is 2. The Balaban J connectivity index is 2.19. The van der Waals surface area contributed by atoms with E-state index < -0.39 is 5.97 Å². The Labute approximate surface area is 116 Å². The third-order valence-corrected chi connectivity index (χ3v) is 3.09. The molecular weight excluding hydrogens is 258 g/mol. The first-order valence-electron chi connectivity index (χ1n) is 6.54. The monoisotopic (exact) mass is 275 g/mol. The lowest BCUT2D eigenvalue weighted by atomic mass is 9.96. The lowest BCUT2D eigenvalue weighted by Crippen LogP contribution is -2.00. The van der Waals surface area contributed by atoms with Crippen LogP contribution >= 0.6 is 0 Å². The van der Waals surface area contributed by atoms with Gasteiger partial charge in [0.1, 0.15) is 5.75 Å². The zero-order valence-corrected chi connectivity index (χ0v) is 11.5. The molecule has 6 heteroatoms. The minimum Gasteiger partial charge on any atom is -0.476 e. The molecule has 1 unspecified atom stereocenters. The number of aromatic carboxylic acids is 1. The molecule has 0 spiro atoms. The summed E-state index contributed by atoms with van der Waals surface area (Å²) < 4.78 is 5.49. The van der Waals surface area contributed by atoms with Crippen molar-refractivity contribution in [3.8, 4) is 11.6 Å². The van der Waals surface area contributed by atoms with Crippen molar-refractivity contribution in [3.05, 3.63) is 35.5 Å². The Kier molecular flexibility index (Phi) is 4.34. The van der Waals surface area contributed by atoms with E-state index in [0.29, 0.717) is 11.7 Å². The van der Waals surface area contributed by atoms with E-state index in [1.807, 2.05) is 18.2 Å². The van der Waals surface area contributed by atoms with Gasteiger partial charge in [0, 0.05) is 0 Å². The SMILES string of the molecule is CCCC(C)c1cccc(Oc2nn[nH]c2C(=O)O)c1. The molecule has 20 heavy (non-hydrogen) atoms. The second-order valence-corrected chi connectivity index (χ2v) is 4.66. The Morgan fingerprint density at radius 1 is 1.50 bits per heavy atom. The number of carboxylic acid groups (broad SMARTS) is 1. The first-order chi connectivity index (χ1) is 9.61. The van der Waals surface area contributed by atoms with Gasteiger partial charge >= 0.3 is 5.97 Å². The van der Waals surface area contributed by atoms with Crippen molar-refractivity contribution >= 4 is 5.97 Å². The van der Waals surface area contributed by atoms with E-state index in [1.54, 1.807) is 6.07 Å². The highest BCUT2D eigenvalue weighted by Crippen LogP contribution is 2.27. The van der Waals surface area contributed by atoms with Crippen molar-refractivity contribution in [2.75, 3.05) is 0 Å². The Bertz CT molecular complexity index is 595. The number of rotatable bonds is 6. The molecule has 1 atom stereocenters. The number of nitrogens with zero attached hydrogens (tertiary/aromatic N) is 2. The van der Waals surface area contributed by atoms with Gasteiger partial charge in [-0.15, -0.1) is 0 Å². The molecule has 0 fully saturated rings. The van der Waals surface area contributed by atoms with Gasteiger partial charge in [0.15, 0.2) is 0 Å². The van der Waals surface area contributed by atoms with E-state index in [0.717, 1.165) is 18.4 Å². The highest BCUT2D eigenvalue weighted by molar-refractivity contribution is 5.87. The molecule has 0 aliphatic heterocycles. The summed E-state index contributed by atoms with van der Waals surface area (Å²) in [6.07, 6.45) is 2.20. The van der Waals surface area contributed by atoms with Crippen LogP contribution in [0.15, 0.2) is 24.3 Å². The van der Waals surface area contributed by atoms with E-state index in [2.05, 4.69) is 29.3 Å². The van der Waals surface area contributed by atoms with Gasteiger partial charge in [-0.1, -0.05) is 42.7 Å². The van der Waals surface area contributed by atoms with Gasteiger partial charge in [0.05, 0.1) is 0 Å². The average molecular weight is 275 g/mol. The van der Waals surface area contributed by atoms with Gasteiger partial charge in [0.25, 0.3) is 5.88 Å². The number of hydrogen-bond acceptors (Lipinski definition) is 4. The number of carboxylic acids is 1. The van der Waals surface area contributed by atoms with Crippen molar-refractivity contribution in [3.63, 3.8) is 0 Å². The minimum atomic E-state index is -1.15. The van der Waals surface area contributed by atoms with Crippen LogP contribution < -0.4 is 4.74 Å². The third kappa shape index (κ3) is 3.14. The van der Waals surface area contributed by atoms with Crippen LogP contribution in [-0.2, 0) is 0 Å². The first-order valence-corrected chi connectivity index (χ1v) is 6.54. The van der Waals surface area contributed by atoms with Crippen LogP contribution in [0.5, 0.6) is 11.6 Å². The maximum Gasteiger partial charge on any atom is 0.359 e. The standard InChI is InChI=1S/C14H17N3O3/c1-3-5-9(2)10-6-4-7-11(8-10)20-13-12(14(18)19)15-17-16-13/h4,6-9H,3,5H2,1-2H3,(H,18,19)(H,15,16,17). The van der Waals surface area contributed by atoms with E-state index in [-0.39, 0.29) is 11.6 Å². The topological polar surface area (TPSA) is 88.1 Å². The Morgan fingerprint density at radius 2 is 2.30 bits per heavy atom. The lowest BCUT2D eigenvalue weighted by Gasteiger charge is -2.11. The molecule has 2 N–H and O–H groups in total. The molecular formula is C14H17N3O3. The Hall–Kier alpha value is -2.37. The largest absolute Gasteiger partial charge is 0.476 e. The molecule has 6 nitrogen and oxygen atoms in total. The van der Waals surface area contributed by atoms with Crippen molar-refractivity contribution in [1.29, 1.82) is 0 Å². The fourth-order valence-corrected chi connectivity index (χ4v) is 2.02.